The Bertz CT molecular complexity index is 1680. The first-order chi connectivity index (χ1) is 21.5. The molecule has 1 atom stereocenters. The molecule has 4 rings (SSSR count). The lowest BCUT2D eigenvalue weighted by Crippen LogP contribution is -2.53. The largest absolute Gasteiger partial charge is 0.457 e. The molecule has 4 aromatic rings. The van der Waals surface area contributed by atoms with E-state index >= 15 is 0 Å². The molecular weight excluding hydrogens is 593 g/mol. The topological polar surface area (TPSA) is 96.0 Å². The molecule has 2 amide bonds. The standard InChI is InChI=1S/C35H38FN3O5S/c1-5-33(35(41)37-25(2)3)38(23-27-13-15-28(36)16-14-27)34(40)24-39(45(42,43)32-21-11-26(4)12-22-32)29-17-19-31(20-18-29)44-30-9-7-6-8-10-30/h6-22,25,33H,5,23-24H2,1-4H3,(H,37,41). The molecule has 236 valence electrons. The summed E-state index contributed by atoms with van der Waals surface area (Å²) in [7, 11) is -4.23. The van der Waals surface area contributed by atoms with E-state index in [1.54, 1.807) is 55.5 Å². The molecule has 0 saturated heterocycles. The van der Waals surface area contributed by atoms with Crippen molar-refractivity contribution in [1.29, 1.82) is 0 Å². The average Bonchev–Trinajstić information content (AvgIpc) is 3.01. The minimum atomic E-state index is -4.23. The van der Waals surface area contributed by atoms with Gasteiger partial charge in [0.15, 0.2) is 0 Å². The number of hydrogen-bond acceptors (Lipinski definition) is 5. The van der Waals surface area contributed by atoms with Crippen LogP contribution in [0.3, 0.4) is 0 Å². The third-order valence-electron chi connectivity index (χ3n) is 7.07. The maximum atomic E-state index is 14.2. The maximum Gasteiger partial charge on any atom is 0.264 e. The van der Waals surface area contributed by atoms with Gasteiger partial charge >= 0.3 is 0 Å². The zero-order valence-electron chi connectivity index (χ0n) is 25.8. The summed E-state index contributed by atoms with van der Waals surface area (Å²) in [5.41, 5.74) is 1.72. The van der Waals surface area contributed by atoms with E-state index in [4.69, 9.17) is 4.74 Å². The molecule has 1 N–H and O–H groups in total. The highest BCUT2D eigenvalue weighted by molar-refractivity contribution is 7.92. The van der Waals surface area contributed by atoms with E-state index in [1.807, 2.05) is 39.0 Å². The van der Waals surface area contributed by atoms with Crippen LogP contribution in [0.2, 0.25) is 0 Å². The van der Waals surface area contributed by atoms with Crippen LogP contribution >= 0.6 is 0 Å². The molecule has 0 bridgehead atoms. The number of benzene rings is 4. The summed E-state index contributed by atoms with van der Waals surface area (Å²) in [6.45, 7) is 6.66. The number of nitrogens with zero attached hydrogens (tertiary/aromatic N) is 2. The molecule has 0 spiro atoms. The molecule has 8 nitrogen and oxygen atoms in total. The van der Waals surface area contributed by atoms with E-state index in [1.165, 1.54) is 41.3 Å². The summed E-state index contributed by atoms with van der Waals surface area (Å²) >= 11 is 0. The number of para-hydroxylation sites is 1. The van der Waals surface area contributed by atoms with Gasteiger partial charge in [0, 0.05) is 12.6 Å². The second kappa shape index (κ2) is 14.9. The number of nitrogens with one attached hydrogen (secondary N) is 1. The average molecular weight is 632 g/mol. The Kier molecular flexibility index (Phi) is 11.0. The van der Waals surface area contributed by atoms with E-state index in [-0.39, 0.29) is 35.5 Å². The van der Waals surface area contributed by atoms with E-state index in [2.05, 4.69) is 5.32 Å². The number of halogens is 1. The predicted octanol–water partition coefficient (Wildman–Crippen LogP) is 6.45. The third kappa shape index (κ3) is 8.69. The van der Waals surface area contributed by atoms with E-state index in [0.717, 1.165) is 9.87 Å². The van der Waals surface area contributed by atoms with Crippen LogP contribution < -0.4 is 14.4 Å². The van der Waals surface area contributed by atoms with Gasteiger partial charge in [-0.2, -0.15) is 0 Å². The maximum absolute atomic E-state index is 14.2. The van der Waals surface area contributed by atoms with Crippen molar-refractivity contribution < 1.29 is 27.1 Å². The van der Waals surface area contributed by atoms with Gasteiger partial charge in [0.05, 0.1) is 10.6 Å². The fourth-order valence-corrected chi connectivity index (χ4v) is 6.17. The number of anilines is 1. The van der Waals surface area contributed by atoms with Crippen molar-refractivity contribution in [2.75, 3.05) is 10.8 Å². The van der Waals surface area contributed by atoms with Crippen molar-refractivity contribution >= 4 is 27.5 Å². The lowest BCUT2D eigenvalue weighted by Gasteiger charge is -2.33. The van der Waals surface area contributed by atoms with Crippen LogP contribution in [-0.4, -0.2) is 43.8 Å². The molecule has 0 aliphatic carbocycles. The van der Waals surface area contributed by atoms with Crippen molar-refractivity contribution in [2.24, 2.45) is 0 Å². The third-order valence-corrected chi connectivity index (χ3v) is 8.86. The number of amides is 2. The summed E-state index contributed by atoms with van der Waals surface area (Å²) in [5, 5.41) is 2.86. The van der Waals surface area contributed by atoms with Gasteiger partial charge in [-0.3, -0.25) is 13.9 Å². The first kappa shape index (κ1) is 33.2. The molecule has 4 aromatic carbocycles. The summed E-state index contributed by atoms with van der Waals surface area (Å²) < 4.78 is 48.8. The van der Waals surface area contributed by atoms with Crippen LogP contribution in [0.5, 0.6) is 11.5 Å². The SMILES string of the molecule is CCC(C(=O)NC(C)C)N(Cc1ccc(F)cc1)C(=O)CN(c1ccc(Oc2ccccc2)cc1)S(=O)(=O)c1ccc(C)cc1. The van der Waals surface area contributed by atoms with Crippen LogP contribution in [0.15, 0.2) is 108 Å². The summed E-state index contributed by atoms with van der Waals surface area (Å²) in [6.07, 6.45) is 0.279. The summed E-state index contributed by atoms with van der Waals surface area (Å²) in [4.78, 5) is 28.8. The van der Waals surface area contributed by atoms with Gasteiger partial charge in [-0.1, -0.05) is 55.0 Å². The van der Waals surface area contributed by atoms with Crippen LogP contribution in [0, 0.1) is 12.7 Å². The molecule has 45 heavy (non-hydrogen) atoms. The number of rotatable bonds is 13. The van der Waals surface area contributed by atoms with E-state index in [0.29, 0.717) is 17.1 Å². The Balaban J connectivity index is 1.72. The number of hydrogen-bond donors (Lipinski definition) is 1. The minimum absolute atomic E-state index is 0.0141. The van der Waals surface area contributed by atoms with Gasteiger partial charge in [0.2, 0.25) is 11.8 Å². The second-order valence-corrected chi connectivity index (χ2v) is 12.8. The predicted molar refractivity (Wildman–Crippen MR) is 173 cm³/mol. The molecule has 0 fully saturated rings. The van der Waals surface area contributed by atoms with Crippen molar-refractivity contribution in [1.82, 2.24) is 10.2 Å². The Morgan fingerprint density at radius 3 is 2.02 bits per heavy atom. The molecule has 0 heterocycles. The van der Waals surface area contributed by atoms with Gasteiger partial charge in [-0.25, -0.2) is 12.8 Å². The first-order valence-corrected chi connectivity index (χ1v) is 16.2. The molecular formula is C35H38FN3O5S. The molecule has 0 radical (unpaired) electrons. The molecule has 1 unspecified atom stereocenters. The van der Waals surface area contributed by atoms with Crippen LogP contribution in [-0.2, 0) is 26.2 Å². The number of sulfonamides is 1. The molecule has 0 aromatic heterocycles. The van der Waals surface area contributed by atoms with Crippen molar-refractivity contribution in [2.45, 2.75) is 57.6 Å². The van der Waals surface area contributed by atoms with Crippen LogP contribution in [0.4, 0.5) is 10.1 Å². The monoisotopic (exact) mass is 631 g/mol. The van der Waals surface area contributed by atoms with E-state index in [9.17, 15) is 22.4 Å². The van der Waals surface area contributed by atoms with Crippen molar-refractivity contribution in [3.63, 3.8) is 0 Å². The van der Waals surface area contributed by atoms with Crippen molar-refractivity contribution in [3.8, 4) is 11.5 Å². The zero-order chi connectivity index (χ0) is 32.6. The first-order valence-electron chi connectivity index (χ1n) is 14.7. The summed E-state index contributed by atoms with van der Waals surface area (Å²) in [5.74, 6) is -0.287. The second-order valence-electron chi connectivity index (χ2n) is 11.0. The van der Waals surface area contributed by atoms with Gasteiger partial charge in [0.1, 0.15) is 29.9 Å². The van der Waals surface area contributed by atoms with Gasteiger partial charge in [-0.05, 0) is 93.4 Å². The Labute approximate surface area is 264 Å². The fourth-order valence-electron chi connectivity index (χ4n) is 4.76. The lowest BCUT2D eigenvalue weighted by molar-refractivity contribution is -0.140. The minimum Gasteiger partial charge on any atom is -0.457 e. The number of ether oxygens (including phenoxy) is 1. The highest BCUT2D eigenvalue weighted by Crippen LogP contribution is 2.29. The smallest absolute Gasteiger partial charge is 0.264 e. The quantitative estimate of drug-likeness (QED) is 0.183. The normalized spacial score (nSPS) is 12.0. The molecule has 0 saturated carbocycles. The van der Waals surface area contributed by atoms with Crippen LogP contribution in [0.25, 0.3) is 0 Å². The molecule has 0 aliphatic rings. The molecule has 10 heteroatoms. The fraction of sp³-hybridized carbons (Fsp3) is 0.257. The Morgan fingerprint density at radius 1 is 0.844 bits per heavy atom. The Hall–Kier alpha value is -4.70. The highest BCUT2D eigenvalue weighted by Gasteiger charge is 2.34. The van der Waals surface area contributed by atoms with Crippen LogP contribution in [0.1, 0.15) is 38.3 Å². The van der Waals surface area contributed by atoms with Crippen molar-refractivity contribution in [3.05, 3.63) is 120 Å². The highest BCUT2D eigenvalue weighted by atomic mass is 32.2. The summed E-state index contributed by atoms with van der Waals surface area (Å²) in [6, 6.07) is 26.5. The zero-order valence-corrected chi connectivity index (χ0v) is 26.6. The van der Waals surface area contributed by atoms with Gasteiger partial charge in [0.25, 0.3) is 10.0 Å². The van der Waals surface area contributed by atoms with Gasteiger partial charge < -0.3 is 15.0 Å². The lowest BCUT2D eigenvalue weighted by atomic mass is 10.1. The number of aryl methyl sites for hydroxylation is 1. The van der Waals surface area contributed by atoms with E-state index < -0.39 is 34.3 Å². The molecule has 0 aliphatic heterocycles. The Morgan fingerprint density at radius 2 is 1.44 bits per heavy atom. The van der Waals surface area contributed by atoms with Gasteiger partial charge in [-0.15, -0.1) is 0 Å². The number of carbonyl (C=O) groups excluding carboxylic acids is 2. The number of carbonyl (C=O) groups is 2.